The van der Waals surface area contributed by atoms with E-state index in [9.17, 15) is 0 Å². The fraction of sp³-hybridized carbons (Fsp3) is 1.00. The first-order valence-electron chi connectivity index (χ1n) is 9.02. The average molecular weight is 280 g/mol. The van der Waals surface area contributed by atoms with Crippen LogP contribution in [0.25, 0.3) is 0 Å². The summed E-state index contributed by atoms with van der Waals surface area (Å²) in [7, 11) is 0. The molecule has 20 heavy (non-hydrogen) atoms. The smallest absolute Gasteiger partial charge is 0.0254 e. The fourth-order valence-corrected chi connectivity index (χ4v) is 3.98. The molecule has 3 unspecified atom stereocenters. The van der Waals surface area contributed by atoms with E-state index in [1.807, 2.05) is 0 Å². The Balaban J connectivity index is 2.06. The van der Waals surface area contributed by atoms with Crippen LogP contribution in [-0.2, 0) is 0 Å². The summed E-state index contributed by atoms with van der Waals surface area (Å²) >= 11 is 0. The molecule has 0 amide bonds. The molecule has 2 aliphatic rings. The third-order valence-electron chi connectivity index (χ3n) is 5.52. The van der Waals surface area contributed by atoms with Gasteiger partial charge in [0.1, 0.15) is 0 Å². The molecule has 0 aromatic carbocycles. The Morgan fingerprint density at radius 2 is 1.75 bits per heavy atom. The summed E-state index contributed by atoms with van der Waals surface area (Å²) in [6.07, 6.45) is 7.13. The van der Waals surface area contributed by atoms with Crippen molar-refractivity contribution in [1.29, 1.82) is 0 Å². The lowest BCUT2D eigenvalue weighted by Gasteiger charge is -2.46. The van der Waals surface area contributed by atoms with Gasteiger partial charge >= 0.3 is 0 Å². The summed E-state index contributed by atoms with van der Waals surface area (Å²) in [5.41, 5.74) is 0. The van der Waals surface area contributed by atoms with E-state index in [2.05, 4.69) is 44.8 Å². The van der Waals surface area contributed by atoms with Crippen LogP contribution in [0.1, 0.15) is 66.7 Å². The summed E-state index contributed by atoms with van der Waals surface area (Å²) in [6, 6.07) is 2.17. The fourth-order valence-electron chi connectivity index (χ4n) is 3.98. The van der Waals surface area contributed by atoms with Crippen molar-refractivity contribution in [1.82, 2.24) is 10.2 Å². The second-order valence-corrected chi connectivity index (χ2v) is 7.78. The van der Waals surface area contributed by atoms with Gasteiger partial charge in [0.25, 0.3) is 0 Å². The Hall–Kier alpha value is -0.0800. The van der Waals surface area contributed by atoms with Crippen LogP contribution in [0.15, 0.2) is 0 Å². The normalized spacial score (nSPS) is 31.5. The SMILES string of the molecule is CCNC1CCC(C(C)C)CC1N(CC1CC1)C(C)C. The van der Waals surface area contributed by atoms with Crippen molar-refractivity contribution >= 4 is 0 Å². The van der Waals surface area contributed by atoms with Gasteiger partial charge in [0, 0.05) is 24.7 Å². The monoisotopic (exact) mass is 280 g/mol. The van der Waals surface area contributed by atoms with Crippen LogP contribution in [0.5, 0.6) is 0 Å². The van der Waals surface area contributed by atoms with E-state index in [0.717, 1.165) is 36.4 Å². The third-order valence-corrected chi connectivity index (χ3v) is 5.52. The zero-order valence-corrected chi connectivity index (χ0v) is 14.4. The summed E-state index contributed by atoms with van der Waals surface area (Å²) < 4.78 is 0. The van der Waals surface area contributed by atoms with Gasteiger partial charge in [0.15, 0.2) is 0 Å². The molecule has 0 radical (unpaired) electrons. The van der Waals surface area contributed by atoms with Gasteiger partial charge in [-0.05, 0) is 70.3 Å². The van der Waals surface area contributed by atoms with Crippen LogP contribution < -0.4 is 5.32 Å². The van der Waals surface area contributed by atoms with Gasteiger partial charge in [-0.2, -0.15) is 0 Å². The first-order valence-corrected chi connectivity index (χ1v) is 9.02. The van der Waals surface area contributed by atoms with Crippen LogP contribution in [0.3, 0.4) is 0 Å². The van der Waals surface area contributed by atoms with Crippen LogP contribution in [0.4, 0.5) is 0 Å². The summed E-state index contributed by atoms with van der Waals surface area (Å²) in [5.74, 6) is 2.77. The highest BCUT2D eigenvalue weighted by molar-refractivity contribution is 4.94. The third kappa shape index (κ3) is 4.21. The van der Waals surface area contributed by atoms with Crippen molar-refractivity contribution in [2.45, 2.75) is 84.8 Å². The molecule has 1 N–H and O–H groups in total. The molecule has 0 saturated heterocycles. The van der Waals surface area contributed by atoms with Gasteiger partial charge in [-0.15, -0.1) is 0 Å². The largest absolute Gasteiger partial charge is 0.313 e. The molecule has 0 heterocycles. The van der Waals surface area contributed by atoms with Crippen LogP contribution >= 0.6 is 0 Å². The molecular formula is C18H36N2. The molecule has 0 aromatic rings. The van der Waals surface area contributed by atoms with Crippen molar-refractivity contribution in [2.24, 2.45) is 17.8 Å². The van der Waals surface area contributed by atoms with E-state index in [-0.39, 0.29) is 0 Å². The summed E-state index contributed by atoms with van der Waals surface area (Å²) in [5, 5.41) is 3.78. The lowest BCUT2D eigenvalue weighted by atomic mass is 9.76. The maximum absolute atomic E-state index is 3.78. The molecule has 0 spiro atoms. The Kier molecular flexibility index (Phi) is 5.92. The van der Waals surface area contributed by atoms with Gasteiger partial charge in [0.2, 0.25) is 0 Å². The van der Waals surface area contributed by atoms with Gasteiger partial charge in [-0.3, -0.25) is 4.90 Å². The van der Waals surface area contributed by atoms with Gasteiger partial charge in [0.05, 0.1) is 0 Å². The summed E-state index contributed by atoms with van der Waals surface area (Å²) in [6.45, 7) is 14.3. The van der Waals surface area contributed by atoms with E-state index < -0.39 is 0 Å². The molecule has 118 valence electrons. The van der Waals surface area contributed by atoms with Crippen LogP contribution in [-0.4, -0.2) is 36.1 Å². The topological polar surface area (TPSA) is 15.3 Å². The number of nitrogens with one attached hydrogen (secondary N) is 1. The predicted octanol–water partition coefficient (Wildman–Crippen LogP) is 3.91. The molecular weight excluding hydrogens is 244 g/mol. The first-order chi connectivity index (χ1) is 9.52. The van der Waals surface area contributed by atoms with Crippen molar-refractivity contribution in [3.63, 3.8) is 0 Å². The highest BCUT2D eigenvalue weighted by atomic mass is 15.2. The second kappa shape index (κ2) is 7.26. The number of hydrogen-bond acceptors (Lipinski definition) is 2. The molecule has 2 rings (SSSR count). The van der Waals surface area contributed by atoms with Gasteiger partial charge < -0.3 is 5.32 Å². The molecule has 0 aliphatic heterocycles. The zero-order chi connectivity index (χ0) is 14.7. The van der Waals surface area contributed by atoms with E-state index >= 15 is 0 Å². The van der Waals surface area contributed by atoms with Crippen molar-refractivity contribution < 1.29 is 0 Å². The number of nitrogens with zero attached hydrogens (tertiary/aromatic N) is 1. The minimum Gasteiger partial charge on any atom is -0.313 e. The lowest BCUT2D eigenvalue weighted by Crippen LogP contribution is -2.56. The molecule has 2 saturated carbocycles. The first kappa shape index (κ1) is 16.3. The Morgan fingerprint density at radius 3 is 2.25 bits per heavy atom. The zero-order valence-electron chi connectivity index (χ0n) is 14.4. The maximum atomic E-state index is 3.78. The van der Waals surface area contributed by atoms with Crippen LogP contribution in [0.2, 0.25) is 0 Å². The highest BCUT2D eigenvalue weighted by Crippen LogP contribution is 2.37. The number of hydrogen-bond donors (Lipinski definition) is 1. The van der Waals surface area contributed by atoms with E-state index in [4.69, 9.17) is 0 Å². The average Bonchev–Trinajstić information content (AvgIpc) is 3.20. The maximum Gasteiger partial charge on any atom is 0.0254 e. The van der Waals surface area contributed by atoms with Crippen molar-refractivity contribution in [2.75, 3.05) is 13.1 Å². The molecule has 2 fully saturated rings. The van der Waals surface area contributed by atoms with Crippen LogP contribution in [0, 0.1) is 17.8 Å². The van der Waals surface area contributed by atoms with Crippen molar-refractivity contribution in [3.8, 4) is 0 Å². The summed E-state index contributed by atoms with van der Waals surface area (Å²) in [4.78, 5) is 2.83. The van der Waals surface area contributed by atoms with E-state index in [1.165, 1.54) is 38.6 Å². The highest BCUT2D eigenvalue weighted by Gasteiger charge is 2.38. The van der Waals surface area contributed by atoms with E-state index in [1.54, 1.807) is 0 Å². The van der Waals surface area contributed by atoms with Gasteiger partial charge in [-0.1, -0.05) is 20.8 Å². The Bertz CT molecular complexity index is 283. The lowest BCUT2D eigenvalue weighted by molar-refractivity contribution is 0.0571. The minimum absolute atomic E-state index is 0.688. The quantitative estimate of drug-likeness (QED) is 0.760. The Labute approximate surface area is 126 Å². The number of likely N-dealkylation sites (N-methyl/N-ethyl adjacent to an activating group) is 1. The molecule has 2 nitrogen and oxygen atoms in total. The minimum atomic E-state index is 0.688. The Morgan fingerprint density at radius 1 is 1.05 bits per heavy atom. The second-order valence-electron chi connectivity index (χ2n) is 7.78. The number of rotatable bonds is 7. The molecule has 3 atom stereocenters. The predicted molar refractivity (Wildman–Crippen MR) is 88.0 cm³/mol. The molecule has 2 aliphatic carbocycles. The molecule has 0 aromatic heterocycles. The standard InChI is InChI=1S/C18H36N2/c1-6-19-17-10-9-16(13(2)3)11-18(17)20(14(4)5)12-15-7-8-15/h13-19H,6-12H2,1-5H3. The molecule has 0 bridgehead atoms. The van der Waals surface area contributed by atoms with Crippen molar-refractivity contribution in [3.05, 3.63) is 0 Å². The molecule has 2 heteroatoms. The van der Waals surface area contributed by atoms with E-state index in [0.29, 0.717) is 6.04 Å². The van der Waals surface area contributed by atoms with Gasteiger partial charge in [-0.25, -0.2) is 0 Å².